The molecule has 1 unspecified atom stereocenters. The van der Waals surface area contributed by atoms with Gasteiger partial charge in [0.15, 0.2) is 6.29 Å². The van der Waals surface area contributed by atoms with Gasteiger partial charge in [-0.1, -0.05) is 0 Å². The number of hydrogen-bond acceptors (Lipinski definition) is 6. The Bertz CT molecular complexity index is 812. The van der Waals surface area contributed by atoms with Gasteiger partial charge in [0.1, 0.15) is 11.6 Å². The fourth-order valence-corrected chi connectivity index (χ4v) is 2.29. The highest BCUT2D eigenvalue weighted by Gasteiger charge is 2.20. The van der Waals surface area contributed by atoms with Crippen LogP contribution in [0.2, 0.25) is 0 Å². The zero-order valence-corrected chi connectivity index (χ0v) is 13.2. The van der Waals surface area contributed by atoms with Crippen LogP contribution in [0.25, 0.3) is 0 Å². The molecule has 9 heteroatoms. The molecule has 3 rings (SSSR count). The molecule has 6 N–H and O–H groups in total. The molecular formula is C16H17N5O4. The first-order valence-corrected chi connectivity index (χ1v) is 7.58. The Morgan fingerprint density at radius 1 is 1.24 bits per heavy atom. The van der Waals surface area contributed by atoms with E-state index < -0.39 is 12.3 Å². The van der Waals surface area contributed by atoms with Gasteiger partial charge >= 0.3 is 5.97 Å². The van der Waals surface area contributed by atoms with Crippen LogP contribution in [0, 0.1) is 0 Å². The summed E-state index contributed by atoms with van der Waals surface area (Å²) in [4.78, 5) is 29.3. The lowest BCUT2D eigenvalue weighted by molar-refractivity contribution is -0.138. The number of anilines is 2. The topological polar surface area (TPSA) is 142 Å². The summed E-state index contributed by atoms with van der Waals surface area (Å²) in [6, 6.07) is 8.50. The van der Waals surface area contributed by atoms with Crippen LogP contribution in [0.4, 0.5) is 11.5 Å². The number of benzene rings is 1. The first-order valence-electron chi connectivity index (χ1n) is 7.58. The van der Waals surface area contributed by atoms with E-state index in [-0.39, 0.29) is 18.7 Å². The number of aromatic amines is 1. The molecule has 9 nitrogen and oxygen atoms in total. The number of H-pyrrole nitrogens is 1. The van der Waals surface area contributed by atoms with Gasteiger partial charge in [-0.3, -0.25) is 15.3 Å². The smallest absolute Gasteiger partial charge is 0.303 e. The second-order valence-corrected chi connectivity index (χ2v) is 5.36. The maximum Gasteiger partial charge on any atom is 0.303 e. The summed E-state index contributed by atoms with van der Waals surface area (Å²) in [5.74, 6) is 0.287. The Balaban J connectivity index is 1.63. The Labute approximate surface area is 142 Å². The number of carboxylic acids is 1. The molecule has 0 saturated carbocycles. The van der Waals surface area contributed by atoms with Gasteiger partial charge in [-0.25, -0.2) is 4.99 Å². The van der Waals surface area contributed by atoms with Crippen LogP contribution < -0.4 is 21.1 Å². The molecule has 1 aromatic carbocycles. The third kappa shape index (κ3) is 4.15. The molecule has 130 valence electrons. The van der Waals surface area contributed by atoms with Crippen molar-refractivity contribution in [3.63, 3.8) is 0 Å². The van der Waals surface area contributed by atoms with Crippen LogP contribution >= 0.6 is 0 Å². The number of nitrogens with one attached hydrogen (secondary N) is 3. The van der Waals surface area contributed by atoms with Crippen LogP contribution in [0.3, 0.4) is 0 Å². The molecule has 0 bridgehead atoms. The molecule has 1 aromatic heterocycles. The number of carboxylic acid groups (broad SMARTS) is 1. The second-order valence-electron chi connectivity index (χ2n) is 5.36. The fraction of sp³-hybridized carbons (Fsp3) is 0.188. The molecule has 2 aromatic rings. The molecule has 1 aliphatic heterocycles. The number of carbonyl (C=O) groups is 2. The number of aliphatic carboxylic acids is 1. The van der Waals surface area contributed by atoms with E-state index in [0.717, 1.165) is 11.4 Å². The summed E-state index contributed by atoms with van der Waals surface area (Å²) in [6.07, 6.45) is 0.865. The van der Waals surface area contributed by atoms with E-state index in [0.29, 0.717) is 17.3 Å². The van der Waals surface area contributed by atoms with Crippen molar-refractivity contribution >= 4 is 29.3 Å². The summed E-state index contributed by atoms with van der Waals surface area (Å²) in [5, 5.41) is 14.2. The molecule has 0 radical (unpaired) electrons. The zero-order valence-electron chi connectivity index (χ0n) is 13.2. The summed E-state index contributed by atoms with van der Waals surface area (Å²) >= 11 is 0. The highest BCUT2D eigenvalue weighted by Crippen LogP contribution is 2.23. The number of rotatable bonds is 5. The van der Waals surface area contributed by atoms with E-state index in [4.69, 9.17) is 15.6 Å². The lowest BCUT2D eigenvalue weighted by atomic mass is 10.2. The molecule has 1 atom stereocenters. The molecule has 0 aliphatic carbocycles. The monoisotopic (exact) mass is 343 g/mol. The zero-order chi connectivity index (χ0) is 17.8. The van der Waals surface area contributed by atoms with Gasteiger partial charge in [0.25, 0.3) is 0 Å². The Morgan fingerprint density at radius 3 is 2.72 bits per heavy atom. The molecule has 1 aliphatic rings. The van der Waals surface area contributed by atoms with E-state index in [1.54, 1.807) is 30.5 Å². The average Bonchev–Trinajstić information content (AvgIpc) is 3.03. The van der Waals surface area contributed by atoms with Crippen molar-refractivity contribution in [3.8, 4) is 5.75 Å². The largest absolute Gasteiger partial charge is 0.481 e. The maximum absolute atomic E-state index is 11.6. The van der Waals surface area contributed by atoms with E-state index in [9.17, 15) is 9.59 Å². The number of nitrogens with two attached hydrogens (primary N) is 1. The quantitative estimate of drug-likeness (QED) is 0.554. The number of amides is 1. The van der Waals surface area contributed by atoms with Crippen molar-refractivity contribution in [2.24, 2.45) is 10.7 Å². The van der Waals surface area contributed by atoms with E-state index in [1.165, 1.54) is 0 Å². The molecule has 25 heavy (non-hydrogen) atoms. The van der Waals surface area contributed by atoms with Gasteiger partial charge in [0, 0.05) is 18.3 Å². The summed E-state index contributed by atoms with van der Waals surface area (Å²) in [5.41, 5.74) is 7.11. The van der Waals surface area contributed by atoms with Crippen LogP contribution in [0.1, 0.15) is 18.4 Å². The third-order valence-electron chi connectivity index (χ3n) is 3.44. The van der Waals surface area contributed by atoms with Crippen molar-refractivity contribution in [1.82, 2.24) is 4.98 Å². The number of aliphatic imine (C=N–C) groups is 1. The molecule has 2 heterocycles. The van der Waals surface area contributed by atoms with Gasteiger partial charge in [-0.2, -0.15) is 0 Å². The Kier molecular flexibility index (Phi) is 4.66. The van der Waals surface area contributed by atoms with Crippen LogP contribution in [0.5, 0.6) is 5.75 Å². The summed E-state index contributed by atoms with van der Waals surface area (Å²) < 4.78 is 5.77. The number of nitrogens with zero attached hydrogens (tertiary/aromatic N) is 1. The van der Waals surface area contributed by atoms with Crippen molar-refractivity contribution in [1.29, 1.82) is 0 Å². The fourth-order valence-electron chi connectivity index (χ4n) is 2.29. The predicted octanol–water partition coefficient (Wildman–Crippen LogP) is 1.31. The standard InChI is InChI=1S/C16H17N5O4/c17-16-20-14-11(7-8-18-14)15(21-16)25-10-3-1-9(2-4-10)19-12(22)5-6-13(23)24/h1-4,7-8,16,18,20H,5-6,17H2,(H,19,22)(H,23,24). The molecular weight excluding hydrogens is 326 g/mol. The van der Waals surface area contributed by atoms with Crippen LogP contribution in [-0.2, 0) is 9.59 Å². The van der Waals surface area contributed by atoms with Gasteiger partial charge < -0.3 is 25.5 Å². The summed E-state index contributed by atoms with van der Waals surface area (Å²) in [7, 11) is 0. The highest BCUT2D eigenvalue weighted by molar-refractivity contribution is 6.01. The lowest BCUT2D eigenvalue weighted by Crippen LogP contribution is -2.34. The summed E-state index contributed by atoms with van der Waals surface area (Å²) in [6.45, 7) is 0. The number of aromatic nitrogens is 1. The predicted molar refractivity (Wildman–Crippen MR) is 91.5 cm³/mol. The first-order chi connectivity index (χ1) is 12.0. The van der Waals surface area contributed by atoms with Crippen LogP contribution in [-0.4, -0.2) is 34.2 Å². The SMILES string of the molecule is NC1N=C(Oc2ccc(NC(=O)CCC(=O)O)cc2)c2cc[nH]c2N1. The Morgan fingerprint density at radius 2 is 2.00 bits per heavy atom. The van der Waals surface area contributed by atoms with E-state index >= 15 is 0 Å². The first kappa shape index (κ1) is 16.5. The van der Waals surface area contributed by atoms with Gasteiger partial charge in [-0.05, 0) is 30.3 Å². The highest BCUT2D eigenvalue weighted by atomic mass is 16.5. The minimum atomic E-state index is -1.01. The molecule has 1 amide bonds. The minimum Gasteiger partial charge on any atom is -0.481 e. The Hall–Kier alpha value is -3.33. The van der Waals surface area contributed by atoms with Crippen molar-refractivity contribution in [2.45, 2.75) is 19.1 Å². The van der Waals surface area contributed by atoms with Crippen molar-refractivity contribution in [2.75, 3.05) is 10.6 Å². The maximum atomic E-state index is 11.6. The molecule has 0 fully saturated rings. The van der Waals surface area contributed by atoms with Crippen molar-refractivity contribution < 1.29 is 19.4 Å². The number of fused-ring (bicyclic) bond motifs is 1. The number of ether oxygens (including phenoxy) is 1. The number of hydrogen-bond donors (Lipinski definition) is 5. The lowest BCUT2D eigenvalue weighted by Gasteiger charge is -2.20. The van der Waals surface area contributed by atoms with Crippen molar-refractivity contribution in [3.05, 3.63) is 42.1 Å². The van der Waals surface area contributed by atoms with Crippen LogP contribution in [0.15, 0.2) is 41.5 Å². The molecule has 0 spiro atoms. The second kappa shape index (κ2) is 7.05. The van der Waals surface area contributed by atoms with Gasteiger partial charge in [-0.15, -0.1) is 0 Å². The normalized spacial score (nSPS) is 15.6. The average molecular weight is 343 g/mol. The van der Waals surface area contributed by atoms with E-state index in [2.05, 4.69) is 20.6 Å². The van der Waals surface area contributed by atoms with Gasteiger partial charge in [0.2, 0.25) is 11.8 Å². The number of carbonyl (C=O) groups excluding carboxylic acids is 1. The minimum absolute atomic E-state index is 0.0778. The third-order valence-corrected chi connectivity index (χ3v) is 3.44. The van der Waals surface area contributed by atoms with E-state index in [1.807, 2.05) is 6.07 Å². The molecule has 0 saturated heterocycles. The van der Waals surface area contributed by atoms with Gasteiger partial charge in [0.05, 0.1) is 12.0 Å².